The summed E-state index contributed by atoms with van der Waals surface area (Å²) in [5.74, 6) is 1.99. The summed E-state index contributed by atoms with van der Waals surface area (Å²) in [6.45, 7) is 10.5. The number of anilines is 1. The molecule has 13 heteroatoms. The number of nitrogens with two attached hydrogens (primary N) is 1. The van der Waals surface area contributed by atoms with E-state index in [1.165, 1.54) is 12.3 Å². The first kappa shape index (κ1) is 24.7. The quantitative estimate of drug-likeness (QED) is 0.445. The maximum atomic E-state index is 15.7. The summed E-state index contributed by atoms with van der Waals surface area (Å²) < 4.78 is 33.2. The van der Waals surface area contributed by atoms with Gasteiger partial charge in [0.05, 0.1) is 6.61 Å². The van der Waals surface area contributed by atoms with Crippen LogP contribution in [0.5, 0.6) is 0 Å². The number of nitrogen functional groups attached to an aromatic ring is 1. The third-order valence-corrected chi connectivity index (χ3v) is 19.9. The van der Waals surface area contributed by atoms with Crippen molar-refractivity contribution in [1.29, 1.82) is 0 Å². The second kappa shape index (κ2) is 9.13. The van der Waals surface area contributed by atoms with E-state index >= 15 is 4.39 Å². The van der Waals surface area contributed by atoms with Crippen LogP contribution in [0, 0.1) is 0 Å². The summed E-state index contributed by atoms with van der Waals surface area (Å²) in [6, 6.07) is 1.45. The number of nitrogens with zero attached hydrogens (tertiary/aromatic N) is 2. The summed E-state index contributed by atoms with van der Waals surface area (Å²) in [5.41, 5.74) is 4.91. The Kier molecular flexibility index (Phi) is 7.51. The van der Waals surface area contributed by atoms with E-state index in [0.717, 1.165) is 16.1 Å². The number of ether oxygens (including phenoxy) is 1. The first-order valence-electron chi connectivity index (χ1n) is 9.69. The van der Waals surface area contributed by atoms with Crippen LogP contribution in [0.15, 0.2) is 17.1 Å². The first-order chi connectivity index (χ1) is 13.8. The van der Waals surface area contributed by atoms with Crippen molar-refractivity contribution in [3.05, 3.63) is 22.7 Å². The number of halogens is 1. The van der Waals surface area contributed by atoms with Crippen LogP contribution in [-0.2, 0) is 25.5 Å². The fourth-order valence-corrected chi connectivity index (χ4v) is 13.1. The SMILES string of the molecule is CC(C)(C)[Si](C)(C)O[C@H]1[C@@H](F)[C@H](n2ccc(N)nc2=O)O[C@@H]1COP1(=S)SCCS1. The van der Waals surface area contributed by atoms with Gasteiger partial charge in [-0.15, -0.1) is 0 Å². The van der Waals surface area contributed by atoms with Crippen LogP contribution in [0.1, 0.15) is 27.0 Å². The van der Waals surface area contributed by atoms with Crippen LogP contribution in [0.2, 0.25) is 18.1 Å². The fourth-order valence-electron chi connectivity index (χ4n) is 2.90. The molecule has 0 bridgehead atoms. The zero-order valence-corrected chi connectivity index (χ0v) is 22.1. The van der Waals surface area contributed by atoms with E-state index in [2.05, 4.69) is 38.8 Å². The molecular formula is C17H29FN3O4PS3Si. The molecule has 2 saturated heterocycles. The second-order valence-corrected chi connectivity index (χ2v) is 24.3. The minimum Gasteiger partial charge on any atom is -0.408 e. The Hall–Kier alpha value is 0.0569. The lowest BCUT2D eigenvalue weighted by Gasteiger charge is -2.39. The first-order valence-corrected chi connectivity index (χ1v) is 18.5. The average Bonchev–Trinajstić information content (AvgIpc) is 3.18. The Morgan fingerprint density at radius 2 is 2.07 bits per heavy atom. The van der Waals surface area contributed by atoms with Gasteiger partial charge in [-0.2, -0.15) is 4.98 Å². The van der Waals surface area contributed by atoms with Crippen molar-refractivity contribution in [3.63, 3.8) is 0 Å². The molecule has 1 aromatic rings. The highest BCUT2D eigenvalue weighted by Crippen LogP contribution is 2.74. The zero-order chi connectivity index (χ0) is 22.3. The van der Waals surface area contributed by atoms with E-state index in [1.807, 2.05) is 0 Å². The van der Waals surface area contributed by atoms with Crippen LogP contribution >= 0.6 is 27.4 Å². The highest BCUT2D eigenvalue weighted by atomic mass is 33.2. The van der Waals surface area contributed by atoms with Crippen molar-refractivity contribution >= 4 is 53.4 Å². The van der Waals surface area contributed by atoms with Crippen LogP contribution in [0.3, 0.4) is 0 Å². The van der Waals surface area contributed by atoms with E-state index in [9.17, 15) is 4.79 Å². The molecule has 2 fully saturated rings. The van der Waals surface area contributed by atoms with Gasteiger partial charge in [-0.1, -0.05) is 43.5 Å². The molecule has 0 saturated carbocycles. The van der Waals surface area contributed by atoms with Crippen molar-refractivity contribution in [1.82, 2.24) is 9.55 Å². The van der Waals surface area contributed by atoms with Gasteiger partial charge in [0.1, 0.15) is 18.0 Å². The van der Waals surface area contributed by atoms with Gasteiger partial charge in [-0.25, -0.2) is 9.18 Å². The lowest BCUT2D eigenvalue weighted by atomic mass is 10.1. The smallest absolute Gasteiger partial charge is 0.351 e. The van der Waals surface area contributed by atoms with Gasteiger partial charge in [-0.3, -0.25) is 4.57 Å². The minimum absolute atomic E-state index is 0.0757. The molecule has 3 rings (SSSR count). The molecule has 4 atom stereocenters. The molecule has 7 nitrogen and oxygen atoms in total. The number of alkyl halides is 1. The monoisotopic (exact) mass is 513 g/mol. The van der Waals surface area contributed by atoms with Gasteiger partial charge in [0, 0.05) is 17.7 Å². The molecule has 2 aliphatic rings. The number of hydrogen-bond acceptors (Lipinski definition) is 9. The standard InChI is InChI=1S/C17H29FN3O4PS3Si/c1-17(2,3)30(4,5)25-14-11(10-23-26(27)28-8-9-29-26)24-15(13(14)18)21-7-6-12(19)20-16(21)22/h6-7,11,13-15H,8-10H2,1-5H3,(H2,19,20,22)/t11-,13-,14-,15-/m1/s1. The molecule has 0 spiro atoms. The van der Waals surface area contributed by atoms with Gasteiger partial charge >= 0.3 is 5.69 Å². The zero-order valence-electron chi connectivity index (χ0n) is 17.7. The molecule has 170 valence electrons. The molecule has 2 aliphatic heterocycles. The highest BCUT2D eigenvalue weighted by Gasteiger charge is 2.52. The van der Waals surface area contributed by atoms with Crippen LogP contribution < -0.4 is 11.4 Å². The lowest BCUT2D eigenvalue weighted by Crippen LogP contribution is -2.49. The van der Waals surface area contributed by atoms with Gasteiger partial charge < -0.3 is 19.4 Å². The largest absolute Gasteiger partial charge is 0.408 e. The maximum Gasteiger partial charge on any atom is 0.351 e. The molecule has 3 heterocycles. The fraction of sp³-hybridized carbons (Fsp3) is 0.765. The van der Waals surface area contributed by atoms with Crippen molar-refractivity contribution in [2.45, 2.75) is 63.5 Å². The molecule has 0 amide bonds. The van der Waals surface area contributed by atoms with E-state index < -0.39 is 43.3 Å². The predicted octanol–water partition coefficient (Wildman–Crippen LogP) is 4.17. The van der Waals surface area contributed by atoms with Gasteiger partial charge in [0.15, 0.2) is 25.4 Å². The molecule has 0 radical (unpaired) electrons. The Balaban J connectivity index is 1.86. The third kappa shape index (κ3) is 5.33. The normalized spacial score (nSPS) is 29.4. The van der Waals surface area contributed by atoms with Gasteiger partial charge in [-0.05, 0) is 36.0 Å². The van der Waals surface area contributed by atoms with Gasteiger partial charge in [0.2, 0.25) is 0 Å². The van der Waals surface area contributed by atoms with Crippen LogP contribution in [0.25, 0.3) is 0 Å². The minimum atomic E-state index is -2.31. The van der Waals surface area contributed by atoms with Crippen molar-refractivity contribution in [3.8, 4) is 0 Å². The lowest BCUT2D eigenvalue weighted by molar-refractivity contribution is -0.0414. The van der Waals surface area contributed by atoms with E-state index in [-0.39, 0.29) is 17.5 Å². The summed E-state index contributed by atoms with van der Waals surface area (Å²) in [5, 5.41) is -0.112. The Labute approximate surface area is 190 Å². The summed E-state index contributed by atoms with van der Waals surface area (Å²) in [6.07, 6.45) is -2.85. The van der Waals surface area contributed by atoms with Crippen molar-refractivity contribution < 1.29 is 18.1 Å². The van der Waals surface area contributed by atoms with Crippen LogP contribution in [0.4, 0.5) is 10.2 Å². The second-order valence-electron chi connectivity index (χ2n) is 8.80. The summed E-state index contributed by atoms with van der Waals surface area (Å²) >= 11 is 8.96. The predicted molar refractivity (Wildman–Crippen MR) is 129 cm³/mol. The van der Waals surface area contributed by atoms with E-state index in [4.69, 9.17) is 31.2 Å². The van der Waals surface area contributed by atoms with Crippen LogP contribution in [-0.4, -0.2) is 54.4 Å². The topological polar surface area (TPSA) is 88.6 Å². The summed E-state index contributed by atoms with van der Waals surface area (Å²) in [4.78, 5) is 16.0. The maximum absolute atomic E-state index is 15.7. The summed E-state index contributed by atoms with van der Waals surface area (Å²) in [7, 11) is -2.31. The molecule has 0 unspecified atom stereocenters. The molecule has 0 aliphatic carbocycles. The third-order valence-electron chi connectivity index (χ3n) is 5.61. The molecule has 2 N–H and O–H groups in total. The van der Waals surface area contributed by atoms with Crippen molar-refractivity contribution in [2.24, 2.45) is 0 Å². The Bertz CT molecular complexity index is 875. The molecule has 1 aromatic heterocycles. The number of rotatable bonds is 6. The Morgan fingerprint density at radius 1 is 1.43 bits per heavy atom. The molecule has 0 aromatic carbocycles. The van der Waals surface area contributed by atoms with E-state index in [1.54, 1.807) is 22.8 Å². The van der Waals surface area contributed by atoms with Crippen molar-refractivity contribution in [2.75, 3.05) is 23.8 Å². The number of hydrogen-bond donors (Lipinski definition) is 1. The van der Waals surface area contributed by atoms with E-state index in [0.29, 0.717) is 0 Å². The van der Waals surface area contributed by atoms with Gasteiger partial charge in [0.25, 0.3) is 0 Å². The molecular weight excluding hydrogens is 484 g/mol. The number of aromatic nitrogens is 2. The molecule has 30 heavy (non-hydrogen) atoms. The highest BCUT2D eigenvalue weighted by molar-refractivity contribution is 9.00. The Morgan fingerprint density at radius 3 is 2.63 bits per heavy atom. The average molecular weight is 514 g/mol.